The number of rotatable bonds is 4. The van der Waals surface area contributed by atoms with Crippen LogP contribution in [0.15, 0.2) is 60.7 Å². The van der Waals surface area contributed by atoms with Crippen LogP contribution in [0.1, 0.15) is 11.1 Å². The minimum absolute atomic E-state index is 0.913. The number of benzene rings is 2. The first-order valence-corrected chi connectivity index (χ1v) is 7.89. The highest BCUT2D eigenvalue weighted by atomic mass is 16.5. The fraction of sp³-hybridized carbons (Fsp3) is 0.368. The molecule has 0 aromatic heterocycles. The quantitative estimate of drug-likeness (QED) is 0.939. The van der Waals surface area contributed by atoms with E-state index < -0.39 is 0 Å². The summed E-state index contributed by atoms with van der Waals surface area (Å²) in [5.74, 6) is 0. The van der Waals surface area contributed by atoms with Gasteiger partial charge < -0.3 is 15.0 Å². The number of hydrogen-bond donors (Lipinski definition) is 1. The molecule has 0 bridgehead atoms. The van der Waals surface area contributed by atoms with Gasteiger partial charge in [0.15, 0.2) is 0 Å². The number of morpholine rings is 1. The second-order valence-corrected chi connectivity index (χ2v) is 5.49. The van der Waals surface area contributed by atoms with Crippen LogP contribution >= 0.6 is 0 Å². The summed E-state index contributed by atoms with van der Waals surface area (Å²) >= 11 is 0. The monoisotopic (exact) mass is 298 g/mol. The van der Waals surface area contributed by atoms with E-state index in [4.69, 9.17) is 4.74 Å². The summed E-state index contributed by atoms with van der Waals surface area (Å²) in [6.07, 6.45) is 0. The Kier molecular flexibility index (Phi) is 7.67. The maximum atomic E-state index is 5.10. The molecule has 1 saturated heterocycles. The van der Waals surface area contributed by atoms with Gasteiger partial charge in [0.1, 0.15) is 0 Å². The number of nitrogens with zero attached hydrogens (tertiary/aromatic N) is 1. The molecule has 0 atom stereocenters. The van der Waals surface area contributed by atoms with Gasteiger partial charge in [-0.2, -0.15) is 0 Å². The molecule has 3 nitrogen and oxygen atoms in total. The zero-order chi connectivity index (χ0) is 15.5. The lowest BCUT2D eigenvalue weighted by atomic mass is 10.2. The summed E-state index contributed by atoms with van der Waals surface area (Å²) in [6.45, 7) is 5.87. The molecule has 1 N–H and O–H groups in total. The van der Waals surface area contributed by atoms with Crippen LogP contribution in [0.25, 0.3) is 0 Å². The van der Waals surface area contributed by atoms with E-state index in [1.54, 1.807) is 0 Å². The molecule has 2 aromatic carbocycles. The molecule has 3 rings (SSSR count). The van der Waals surface area contributed by atoms with Crippen molar-refractivity contribution in [3.05, 3.63) is 71.8 Å². The maximum Gasteiger partial charge on any atom is 0.0594 e. The predicted molar refractivity (Wildman–Crippen MR) is 91.7 cm³/mol. The third-order valence-corrected chi connectivity index (χ3v) is 3.58. The molecular formula is C19H26N2O. The van der Waals surface area contributed by atoms with E-state index in [-0.39, 0.29) is 0 Å². The Morgan fingerprint density at radius 3 is 1.64 bits per heavy atom. The highest BCUT2D eigenvalue weighted by Crippen LogP contribution is 2.00. The SMILES string of the molecule is CN1CCOCC1.c1ccc(CNCc2ccccc2)cc1. The molecular weight excluding hydrogens is 272 g/mol. The molecule has 0 aliphatic carbocycles. The molecule has 0 unspecified atom stereocenters. The van der Waals surface area contributed by atoms with Crippen molar-refractivity contribution in [3.63, 3.8) is 0 Å². The summed E-state index contributed by atoms with van der Waals surface area (Å²) in [5.41, 5.74) is 2.65. The molecule has 1 aliphatic rings. The third-order valence-electron chi connectivity index (χ3n) is 3.58. The standard InChI is InChI=1S/C14H15N.C5H11NO/c1-3-7-13(8-4-1)11-15-12-14-9-5-2-6-10-14;1-6-2-4-7-5-3-6/h1-10,15H,11-12H2;2-5H2,1H3. The van der Waals surface area contributed by atoms with Crippen LogP contribution in [0.5, 0.6) is 0 Å². The van der Waals surface area contributed by atoms with E-state index >= 15 is 0 Å². The van der Waals surface area contributed by atoms with E-state index in [1.165, 1.54) is 11.1 Å². The zero-order valence-electron chi connectivity index (χ0n) is 13.4. The van der Waals surface area contributed by atoms with Crippen LogP contribution in [0.3, 0.4) is 0 Å². The average molecular weight is 298 g/mol. The van der Waals surface area contributed by atoms with Gasteiger partial charge in [0.2, 0.25) is 0 Å². The summed E-state index contributed by atoms with van der Waals surface area (Å²) < 4.78 is 5.10. The van der Waals surface area contributed by atoms with Crippen LogP contribution in [0, 0.1) is 0 Å². The Labute approximate surface area is 133 Å². The van der Waals surface area contributed by atoms with Crippen molar-refractivity contribution in [1.29, 1.82) is 0 Å². The molecule has 0 spiro atoms. The van der Waals surface area contributed by atoms with Crippen molar-refractivity contribution in [2.75, 3.05) is 33.4 Å². The molecule has 1 aliphatic heterocycles. The van der Waals surface area contributed by atoms with E-state index in [0.29, 0.717) is 0 Å². The fourth-order valence-electron chi connectivity index (χ4n) is 2.20. The summed E-state index contributed by atoms with van der Waals surface area (Å²) in [5, 5.41) is 3.42. The largest absolute Gasteiger partial charge is 0.379 e. The zero-order valence-corrected chi connectivity index (χ0v) is 13.4. The van der Waals surface area contributed by atoms with Gasteiger partial charge in [0.05, 0.1) is 13.2 Å². The van der Waals surface area contributed by atoms with Crippen molar-refractivity contribution >= 4 is 0 Å². The number of hydrogen-bond acceptors (Lipinski definition) is 3. The second kappa shape index (κ2) is 10.1. The van der Waals surface area contributed by atoms with E-state index in [0.717, 1.165) is 39.4 Å². The molecule has 0 amide bonds. The van der Waals surface area contributed by atoms with Crippen molar-refractivity contribution in [2.45, 2.75) is 13.1 Å². The van der Waals surface area contributed by atoms with Crippen molar-refractivity contribution in [1.82, 2.24) is 10.2 Å². The highest BCUT2D eigenvalue weighted by molar-refractivity contribution is 5.16. The Balaban J connectivity index is 0.000000211. The van der Waals surface area contributed by atoms with Gasteiger partial charge in [-0.15, -0.1) is 0 Å². The van der Waals surface area contributed by atoms with Gasteiger partial charge in [-0.3, -0.25) is 0 Å². The van der Waals surface area contributed by atoms with Crippen molar-refractivity contribution in [3.8, 4) is 0 Å². The Hall–Kier alpha value is -1.68. The number of nitrogens with one attached hydrogen (secondary N) is 1. The van der Waals surface area contributed by atoms with Gasteiger partial charge in [-0.1, -0.05) is 60.7 Å². The normalized spacial score (nSPS) is 15.0. The number of ether oxygens (including phenoxy) is 1. The van der Waals surface area contributed by atoms with E-state index in [1.807, 2.05) is 12.1 Å². The first-order valence-electron chi connectivity index (χ1n) is 7.89. The lowest BCUT2D eigenvalue weighted by Crippen LogP contribution is -2.32. The average Bonchev–Trinajstić information content (AvgIpc) is 2.58. The van der Waals surface area contributed by atoms with Gasteiger partial charge in [0, 0.05) is 26.2 Å². The minimum atomic E-state index is 0.913. The molecule has 2 aromatic rings. The van der Waals surface area contributed by atoms with Crippen LogP contribution in [0.2, 0.25) is 0 Å². The summed E-state index contributed by atoms with van der Waals surface area (Å²) in [6, 6.07) is 20.9. The first kappa shape index (κ1) is 16.7. The fourth-order valence-corrected chi connectivity index (χ4v) is 2.20. The van der Waals surface area contributed by atoms with Gasteiger partial charge in [0.25, 0.3) is 0 Å². The van der Waals surface area contributed by atoms with Crippen molar-refractivity contribution < 1.29 is 4.74 Å². The highest BCUT2D eigenvalue weighted by Gasteiger charge is 2.02. The molecule has 1 heterocycles. The molecule has 3 heteroatoms. The van der Waals surface area contributed by atoms with Gasteiger partial charge in [-0.25, -0.2) is 0 Å². The lowest BCUT2D eigenvalue weighted by molar-refractivity contribution is 0.0503. The second-order valence-electron chi connectivity index (χ2n) is 5.49. The third kappa shape index (κ3) is 6.85. The van der Waals surface area contributed by atoms with Crippen LogP contribution < -0.4 is 5.32 Å². The van der Waals surface area contributed by atoms with E-state index in [9.17, 15) is 0 Å². The van der Waals surface area contributed by atoms with Gasteiger partial charge >= 0.3 is 0 Å². The summed E-state index contributed by atoms with van der Waals surface area (Å²) in [4.78, 5) is 2.27. The Morgan fingerprint density at radius 1 is 0.818 bits per heavy atom. The van der Waals surface area contributed by atoms with Gasteiger partial charge in [-0.05, 0) is 18.2 Å². The molecule has 0 saturated carbocycles. The predicted octanol–water partition coefficient (Wildman–Crippen LogP) is 2.92. The molecule has 22 heavy (non-hydrogen) atoms. The lowest BCUT2D eigenvalue weighted by Gasteiger charge is -2.21. The molecule has 1 fully saturated rings. The van der Waals surface area contributed by atoms with Crippen molar-refractivity contribution in [2.24, 2.45) is 0 Å². The molecule has 118 valence electrons. The molecule has 0 radical (unpaired) electrons. The maximum absolute atomic E-state index is 5.10. The number of likely N-dealkylation sites (N-methyl/N-ethyl adjacent to an activating group) is 1. The Morgan fingerprint density at radius 2 is 1.27 bits per heavy atom. The first-order chi connectivity index (χ1) is 10.8. The minimum Gasteiger partial charge on any atom is -0.379 e. The topological polar surface area (TPSA) is 24.5 Å². The Bertz CT molecular complexity index is 456. The van der Waals surface area contributed by atoms with E-state index in [2.05, 4.69) is 65.8 Å². The smallest absolute Gasteiger partial charge is 0.0594 e. The van der Waals surface area contributed by atoms with Crippen LogP contribution in [-0.2, 0) is 17.8 Å². The van der Waals surface area contributed by atoms with Crippen LogP contribution in [0.4, 0.5) is 0 Å². The van der Waals surface area contributed by atoms with Crippen LogP contribution in [-0.4, -0.2) is 38.3 Å². The summed E-state index contributed by atoms with van der Waals surface area (Å²) in [7, 11) is 2.11.